The number of hydrogen-bond donors (Lipinski definition) is 1. The summed E-state index contributed by atoms with van der Waals surface area (Å²) in [5.74, 6) is -0.0492. The molecule has 0 spiro atoms. The number of carbonyl (C=O) groups is 3. The van der Waals surface area contributed by atoms with Crippen molar-refractivity contribution in [3.05, 3.63) is 34.9 Å². The van der Waals surface area contributed by atoms with Crippen LogP contribution in [0.1, 0.15) is 37.2 Å². The van der Waals surface area contributed by atoms with Crippen molar-refractivity contribution in [1.82, 2.24) is 14.7 Å². The number of likely N-dealkylation sites (tertiary alicyclic amines) is 2. The molecule has 9 heteroatoms. The summed E-state index contributed by atoms with van der Waals surface area (Å²) in [6.07, 6.45) is 2.00. The van der Waals surface area contributed by atoms with Gasteiger partial charge in [-0.2, -0.15) is 0 Å². The third-order valence-corrected chi connectivity index (χ3v) is 7.81. The van der Waals surface area contributed by atoms with Crippen molar-refractivity contribution in [3.63, 3.8) is 0 Å². The predicted molar refractivity (Wildman–Crippen MR) is 123 cm³/mol. The first-order valence-corrected chi connectivity index (χ1v) is 11.9. The maximum atomic E-state index is 13.4. The second-order valence-corrected chi connectivity index (χ2v) is 10.1. The Bertz CT molecular complexity index is 896. The number of carboxylic acid groups (broad SMARTS) is 1. The number of rotatable bonds is 6. The summed E-state index contributed by atoms with van der Waals surface area (Å²) in [6, 6.07) is 7.07. The van der Waals surface area contributed by atoms with Crippen LogP contribution in [0.2, 0.25) is 5.02 Å². The van der Waals surface area contributed by atoms with Crippen LogP contribution in [0.15, 0.2) is 24.3 Å². The van der Waals surface area contributed by atoms with Gasteiger partial charge in [-0.15, -0.1) is 0 Å². The largest absolute Gasteiger partial charge is 0.465 e. The number of hydrogen-bond acceptors (Lipinski definition) is 4. The Morgan fingerprint density at radius 2 is 1.76 bits per heavy atom. The van der Waals surface area contributed by atoms with E-state index in [0.29, 0.717) is 50.7 Å². The van der Waals surface area contributed by atoms with Crippen LogP contribution in [0.3, 0.4) is 0 Å². The first kappa shape index (κ1) is 23.8. The molecule has 1 saturated carbocycles. The van der Waals surface area contributed by atoms with Crippen LogP contribution in [0.5, 0.6) is 0 Å². The lowest BCUT2D eigenvalue weighted by Gasteiger charge is -2.35. The van der Waals surface area contributed by atoms with Crippen LogP contribution in [0.25, 0.3) is 0 Å². The lowest BCUT2D eigenvalue weighted by molar-refractivity contribution is -0.144. The topological polar surface area (TPSA) is 90.4 Å². The van der Waals surface area contributed by atoms with Gasteiger partial charge in [-0.25, -0.2) is 4.79 Å². The minimum Gasteiger partial charge on any atom is -0.465 e. The van der Waals surface area contributed by atoms with Crippen LogP contribution < -0.4 is 0 Å². The van der Waals surface area contributed by atoms with Gasteiger partial charge in [0.15, 0.2) is 0 Å². The van der Waals surface area contributed by atoms with Gasteiger partial charge in [0, 0.05) is 57.2 Å². The summed E-state index contributed by atoms with van der Waals surface area (Å²) in [5, 5.41) is 10.2. The van der Waals surface area contributed by atoms with Crippen LogP contribution in [0, 0.1) is 11.3 Å². The van der Waals surface area contributed by atoms with E-state index in [9.17, 15) is 19.5 Å². The van der Waals surface area contributed by atoms with E-state index in [0.717, 1.165) is 18.4 Å². The normalized spacial score (nSPS) is 24.6. The van der Waals surface area contributed by atoms with Gasteiger partial charge in [0.1, 0.15) is 0 Å². The quantitative estimate of drug-likeness (QED) is 0.680. The van der Waals surface area contributed by atoms with Gasteiger partial charge in [-0.3, -0.25) is 9.59 Å². The molecule has 1 aromatic rings. The molecule has 2 heterocycles. The summed E-state index contributed by atoms with van der Waals surface area (Å²) in [4.78, 5) is 42.9. The van der Waals surface area contributed by atoms with Crippen LogP contribution in [0.4, 0.5) is 4.79 Å². The minimum atomic E-state index is -1.01. The van der Waals surface area contributed by atoms with Gasteiger partial charge >= 0.3 is 6.09 Å². The van der Waals surface area contributed by atoms with E-state index in [-0.39, 0.29) is 35.1 Å². The first-order chi connectivity index (χ1) is 15.8. The van der Waals surface area contributed by atoms with Crippen LogP contribution in [-0.4, -0.2) is 90.7 Å². The summed E-state index contributed by atoms with van der Waals surface area (Å²) >= 11 is 6.03. The van der Waals surface area contributed by atoms with E-state index in [1.165, 1.54) is 4.90 Å². The summed E-state index contributed by atoms with van der Waals surface area (Å²) in [5.41, 5.74) is 0.627. The molecule has 3 amide bonds. The fourth-order valence-corrected chi connectivity index (χ4v) is 5.43. The molecule has 1 N–H and O–H groups in total. The Morgan fingerprint density at radius 3 is 2.30 bits per heavy atom. The molecule has 4 rings (SSSR count). The zero-order chi connectivity index (χ0) is 23.8. The van der Waals surface area contributed by atoms with Crippen molar-refractivity contribution in [2.75, 3.05) is 46.9 Å². The van der Waals surface area contributed by atoms with Crippen molar-refractivity contribution >= 4 is 29.5 Å². The Morgan fingerprint density at radius 1 is 1.12 bits per heavy atom. The van der Waals surface area contributed by atoms with E-state index in [1.807, 2.05) is 17.0 Å². The molecule has 0 radical (unpaired) electrons. The Labute approximate surface area is 199 Å². The minimum absolute atomic E-state index is 0.0559. The highest BCUT2D eigenvalue weighted by molar-refractivity contribution is 6.30. The number of ether oxygens (including phenoxy) is 1. The number of carbonyl (C=O) groups excluding carboxylic acids is 2. The molecule has 0 bridgehead atoms. The number of piperidine rings is 1. The average molecular weight is 478 g/mol. The second-order valence-electron chi connectivity index (χ2n) is 9.64. The third-order valence-electron chi connectivity index (χ3n) is 7.56. The maximum Gasteiger partial charge on any atom is 0.407 e. The molecule has 1 aromatic carbocycles. The predicted octanol–water partition coefficient (Wildman–Crippen LogP) is 2.91. The molecule has 0 unspecified atom stereocenters. The van der Waals surface area contributed by atoms with E-state index in [1.54, 1.807) is 31.2 Å². The molecule has 2 saturated heterocycles. The smallest absolute Gasteiger partial charge is 0.407 e. The third kappa shape index (κ3) is 4.82. The molecule has 33 heavy (non-hydrogen) atoms. The number of nitrogens with zero attached hydrogens (tertiary/aromatic N) is 3. The van der Waals surface area contributed by atoms with Gasteiger partial charge < -0.3 is 24.5 Å². The average Bonchev–Trinajstić information content (AvgIpc) is 3.47. The van der Waals surface area contributed by atoms with Crippen molar-refractivity contribution in [1.29, 1.82) is 0 Å². The van der Waals surface area contributed by atoms with Crippen molar-refractivity contribution in [3.8, 4) is 0 Å². The Hall–Kier alpha value is -2.32. The Kier molecular flexibility index (Phi) is 6.86. The highest BCUT2D eigenvalue weighted by Crippen LogP contribution is 2.48. The van der Waals surface area contributed by atoms with E-state index in [4.69, 9.17) is 16.3 Å². The molecular formula is C24H32ClN3O5. The van der Waals surface area contributed by atoms with E-state index in [2.05, 4.69) is 0 Å². The molecular weight excluding hydrogens is 446 g/mol. The molecule has 3 aliphatic rings. The second kappa shape index (κ2) is 9.50. The summed E-state index contributed by atoms with van der Waals surface area (Å²) < 4.78 is 5.25. The zero-order valence-corrected chi connectivity index (χ0v) is 20.0. The van der Waals surface area contributed by atoms with E-state index >= 15 is 0 Å². The van der Waals surface area contributed by atoms with Gasteiger partial charge in [0.2, 0.25) is 11.8 Å². The molecule has 2 atom stereocenters. The number of amides is 3. The molecule has 0 aromatic heterocycles. The number of halogens is 1. The summed E-state index contributed by atoms with van der Waals surface area (Å²) in [7, 11) is 3.18. The highest BCUT2D eigenvalue weighted by atomic mass is 35.5. The first-order valence-electron chi connectivity index (χ1n) is 11.5. The number of methoxy groups -OCH3 is 1. The fourth-order valence-electron chi connectivity index (χ4n) is 5.31. The van der Waals surface area contributed by atoms with Gasteiger partial charge in [-0.1, -0.05) is 23.7 Å². The lowest BCUT2D eigenvalue weighted by atomic mass is 9.93. The lowest BCUT2D eigenvalue weighted by Crippen LogP contribution is -2.47. The van der Waals surface area contributed by atoms with Gasteiger partial charge in [-0.05, 0) is 43.4 Å². The molecule has 2 aliphatic heterocycles. The summed E-state index contributed by atoms with van der Waals surface area (Å²) in [6.45, 7) is 2.45. The van der Waals surface area contributed by atoms with Crippen molar-refractivity contribution in [2.24, 2.45) is 11.3 Å². The van der Waals surface area contributed by atoms with Gasteiger partial charge in [0.25, 0.3) is 0 Å². The standard InChI is InChI=1S/C24H32ClN3O5/c1-26(23(31)32)20-14-28(13-19(20)16-3-5-18(25)6-4-16)21(29)17-7-11-27(12-8-17)22(30)24(9-10-24)15-33-2/h3-6,17,19-20H,7-15H2,1-2H3,(H,31,32)/t19-,20+/m0/s1. The van der Waals surface area contributed by atoms with Crippen LogP contribution >= 0.6 is 11.6 Å². The molecule has 8 nitrogen and oxygen atoms in total. The van der Waals surface area contributed by atoms with Crippen molar-refractivity contribution < 1.29 is 24.2 Å². The van der Waals surface area contributed by atoms with Crippen LogP contribution in [-0.2, 0) is 14.3 Å². The van der Waals surface area contributed by atoms with Gasteiger partial charge in [0.05, 0.1) is 18.1 Å². The molecule has 1 aliphatic carbocycles. The zero-order valence-electron chi connectivity index (χ0n) is 19.2. The molecule has 180 valence electrons. The monoisotopic (exact) mass is 477 g/mol. The highest BCUT2D eigenvalue weighted by Gasteiger charge is 2.52. The molecule has 3 fully saturated rings. The maximum absolute atomic E-state index is 13.4. The SMILES string of the molecule is COCC1(C(=O)N2CCC(C(=O)N3C[C@@H](N(C)C(=O)O)[C@H](c4ccc(Cl)cc4)C3)CC2)CC1. The number of benzene rings is 1. The fraction of sp³-hybridized carbons (Fsp3) is 0.625. The number of likely N-dealkylation sites (N-methyl/N-ethyl adjacent to an activating group) is 1. The Balaban J connectivity index is 1.40. The van der Waals surface area contributed by atoms with E-state index < -0.39 is 6.09 Å². The van der Waals surface area contributed by atoms with Crippen molar-refractivity contribution in [2.45, 2.75) is 37.6 Å².